The van der Waals surface area contributed by atoms with E-state index in [1.807, 2.05) is 0 Å². The molecule has 2 rings (SSSR count). The van der Waals surface area contributed by atoms with Crippen LogP contribution in [0.5, 0.6) is 0 Å². The zero-order valence-electron chi connectivity index (χ0n) is 9.43. The first-order chi connectivity index (χ1) is 8.92. The maximum atomic E-state index is 12.1. The number of aromatic nitrogens is 1. The summed E-state index contributed by atoms with van der Waals surface area (Å²) in [6.45, 7) is 0.0961. The van der Waals surface area contributed by atoms with E-state index in [9.17, 15) is 8.42 Å². The Labute approximate surface area is 124 Å². The molecule has 0 radical (unpaired) electrons. The van der Waals surface area contributed by atoms with Crippen molar-refractivity contribution in [1.29, 1.82) is 0 Å². The molecule has 5 nitrogen and oxygen atoms in total. The van der Waals surface area contributed by atoms with E-state index in [4.69, 9.17) is 28.9 Å². The molecule has 0 aliphatic heterocycles. The smallest absolute Gasteiger partial charge is 0.242 e. The van der Waals surface area contributed by atoms with Crippen LogP contribution < -0.4 is 10.5 Å². The average Bonchev–Trinajstić information content (AvgIpc) is 2.86. The van der Waals surface area contributed by atoms with Crippen LogP contribution in [-0.4, -0.2) is 13.4 Å². The molecule has 0 fully saturated rings. The Morgan fingerprint density at radius 2 is 2.11 bits per heavy atom. The molecular weight excluding hydrogens is 329 g/mol. The summed E-state index contributed by atoms with van der Waals surface area (Å²) in [5.41, 5.74) is 5.65. The van der Waals surface area contributed by atoms with Crippen LogP contribution in [0.4, 0.5) is 5.69 Å². The van der Waals surface area contributed by atoms with Gasteiger partial charge >= 0.3 is 0 Å². The van der Waals surface area contributed by atoms with Gasteiger partial charge in [-0.05, 0) is 12.1 Å². The second-order valence-electron chi connectivity index (χ2n) is 3.52. The number of halogens is 2. The van der Waals surface area contributed by atoms with Crippen molar-refractivity contribution >= 4 is 50.2 Å². The molecule has 1 aromatic carbocycles. The highest BCUT2D eigenvalue weighted by Crippen LogP contribution is 2.32. The molecule has 0 amide bonds. The zero-order valence-corrected chi connectivity index (χ0v) is 12.6. The molecule has 1 heterocycles. The summed E-state index contributed by atoms with van der Waals surface area (Å²) in [6.07, 6.45) is 1.60. The monoisotopic (exact) mass is 337 g/mol. The number of thiazole rings is 1. The van der Waals surface area contributed by atoms with Crippen molar-refractivity contribution in [2.24, 2.45) is 0 Å². The van der Waals surface area contributed by atoms with E-state index in [1.54, 1.807) is 11.6 Å². The van der Waals surface area contributed by atoms with Crippen molar-refractivity contribution in [3.05, 3.63) is 38.8 Å². The molecule has 0 aliphatic carbocycles. The quantitative estimate of drug-likeness (QED) is 0.839. The van der Waals surface area contributed by atoms with Crippen molar-refractivity contribution < 1.29 is 8.42 Å². The molecule has 0 aliphatic rings. The summed E-state index contributed by atoms with van der Waals surface area (Å²) in [6, 6.07) is 2.70. The first kappa shape index (κ1) is 14.5. The molecule has 0 spiro atoms. The Hall–Kier alpha value is -0.860. The number of benzene rings is 1. The van der Waals surface area contributed by atoms with Gasteiger partial charge in [-0.15, -0.1) is 11.3 Å². The summed E-state index contributed by atoms with van der Waals surface area (Å²) in [5, 5.41) is 2.54. The SMILES string of the molecule is Nc1c(Cl)ccc(S(=O)(=O)NCc2nccs2)c1Cl. The van der Waals surface area contributed by atoms with Gasteiger partial charge in [-0.3, -0.25) is 0 Å². The normalized spacial score (nSPS) is 11.7. The molecule has 0 saturated carbocycles. The molecule has 19 heavy (non-hydrogen) atoms. The van der Waals surface area contributed by atoms with Gasteiger partial charge in [0.1, 0.15) is 9.90 Å². The number of rotatable bonds is 4. The van der Waals surface area contributed by atoms with E-state index < -0.39 is 10.0 Å². The number of nitrogens with zero attached hydrogens (tertiary/aromatic N) is 1. The third kappa shape index (κ3) is 3.18. The number of hydrogen-bond acceptors (Lipinski definition) is 5. The molecule has 0 atom stereocenters. The predicted octanol–water partition coefficient (Wildman–Crippen LogP) is 2.51. The van der Waals surface area contributed by atoms with Gasteiger partial charge < -0.3 is 5.73 Å². The fourth-order valence-electron chi connectivity index (χ4n) is 1.33. The Balaban J connectivity index is 2.27. The Morgan fingerprint density at radius 1 is 1.37 bits per heavy atom. The molecule has 102 valence electrons. The standard InChI is InChI=1S/C10H9Cl2N3O2S2/c11-6-1-2-7(9(12)10(6)13)19(16,17)15-5-8-14-3-4-18-8/h1-4,15H,5,13H2. The second kappa shape index (κ2) is 5.64. The third-order valence-electron chi connectivity index (χ3n) is 2.28. The summed E-state index contributed by atoms with van der Waals surface area (Å²) in [4.78, 5) is 3.88. The van der Waals surface area contributed by atoms with Crippen LogP contribution in [0.15, 0.2) is 28.6 Å². The van der Waals surface area contributed by atoms with Crippen LogP contribution in [0.2, 0.25) is 10.0 Å². The van der Waals surface area contributed by atoms with Crippen molar-refractivity contribution in [1.82, 2.24) is 9.71 Å². The molecule has 3 N–H and O–H groups in total. The van der Waals surface area contributed by atoms with E-state index in [1.165, 1.54) is 23.5 Å². The third-order valence-corrected chi connectivity index (χ3v) is 5.35. The molecule has 1 aromatic heterocycles. The van der Waals surface area contributed by atoms with Gasteiger partial charge in [0.25, 0.3) is 0 Å². The lowest BCUT2D eigenvalue weighted by atomic mass is 10.3. The van der Waals surface area contributed by atoms with Gasteiger partial charge in [-0.2, -0.15) is 0 Å². The summed E-state index contributed by atoms with van der Waals surface area (Å²) in [5.74, 6) is 0. The van der Waals surface area contributed by atoms with Crippen LogP contribution in [0.25, 0.3) is 0 Å². The largest absolute Gasteiger partial charge is 0.396 e. The molecule has 9 heteroatoms. The number of nitrogen functional groups attached to an aromatic ring is 1. The number of nitrogens with two attached hydrogens (primary N) is 1. The minimum atomic E-state index is -3.76. The Bertz CT molecular complexity index is 687. The lowest BCUT2D eigenvalue weighted by Gasteiger charge is -2.09. The molecule has 0 bridgehead atoms. The predicted molar refractivity (Wildman–Crippen MR) is 77.0 cm³/mol. The highest BCUT2D eigenvalue weighted by atomic mass is 35.5. The maximum absolute atomic E-state index is 12.1. The van der Waals surface area contributed by atoms with E-state index in [-0.39, 0.29) is 27.2 Å². The highest BCUT2D eigenvalue weighted by Gasteiger charge is 2.20. The van der Waals surface area contributed by atoms with E-state index in [2.05, 4.69) is 9.71 Å². The summed E-state index contributed by atoms with van der Waals surface area (Å²) in [7, 11) is -3.76. The van der Waals surface area contributed by atoms with Gasteiger partial charge in [0.2, 0.25) is 10.0 Å². The number of anilines is 1. The van der Waals surface area contributed by atoms with Crippen molar-refractivity contribution in [2.75, 3.05) is 5.73 Å². The Kier molecular flexibility index (Phi) is 4.32. The average molecular weight is 338 g/mol. The maximum Gasteiger partial charge on any atom is 0.242 e. The minimum Gasteiger partial charge on any atom is -0.396 e. The Morgan fingerprint density at radius 3 is 2.74 bits per heavy atom. The second-order valence-corrected chi connectivity index (χ2v) is 7.02. The fraction of sp³-hybridized carbons (Fsp3) is 0.100. The fourth-order valence-corrected chi connectivity index (χ4v) is 3.73. The van der Waals surface area contributed by atoms with Gasteiger partial charge in [0, 0.05) is 11.6 Å². The summed E-state index contributed by atoms with van der Waals surface area (Å²) < 4.78 is 26.6. The summed E-state index contributed by atoms with van der Waals surface area (Å²) >= 11 is 13.0. The van der Waals surface area contributed by atoms with E-state index in [0.717, 1.165) is 0 Å². The number of sulfonamides is 1. The van der Waals surface area contributed by atoms with E-state index >= 15 is 0 Å². The van der Waals surface area contributed by atoms with Gasteiger partial charge in [0.15, 0.2) is 0 Å². The number of nitrogens with one attached hydrogen (secondary N) is 1. The van der Waals surface area contributed by atoms with Gasteiger partial charge in [0.05, 0.1) is 22.3 Å². The molecule has 0 unspecified atom stereocenters. The molecular formula is C10H9Cl2N3O2S2. The highest BCUT2D eigenvalue weighted by molar-refractivity contribution is 7.89. The minimum absolute atomic E-state index is 0.0421. The van der Waals surface area contributed by atoms with Crippen LogP contribution >= 0.6 is 34.5 Å². The van der Waals surface area contributed by atoms with Crippen LogP contribution in [0.1, 0.15) is 5.01 Å². The van der Waals surface area contributed by atoms with Gasteiger partial charge in [-0.25, -0.2) is 18.1 Å². The van der Waals surface area contributed by atoms with Crippen LogP contribution in [0, 0.1) is 0 Å². The van der Waals surface area contributed by atoms with Crippen molar-refractivity contribution in [3.63, 3.8) is 0 Å². The van der Waals surface area contributed by atoms with Crippen molar-refractivity contribution in [2.45, 2.75) is 11.4 Å². The van der Waals surface area contributed by atoms with Gasteiger partial charge in [-0.1, -0.05) is 23.2 Å². The first-order valence-corrected chi connectivity index (χ1v) is 8.15. The lowest BCUT2D eigenvalue weighted by Crippen LogP contribution is -2.23. The zero-order chi connectivity index (χ0) is 14.0. The number of hydrogen-bond donors (Lipinski definition) is 2. The van der Waals surface area contributed by atoms with E-state index in [0.29, 0.717) is 5.01 Å². The van der Waals surface area contributed by atoms with Crippen LogP contribution in [-0.2, 0) is 16.6 Å². The molecule has 0 saturated heterocycles. The topological polar surface area (TPSA) is 85.1 Å². The molecule has 2 aromatic rings. The van der Waals surface area contributed by atoms with Crippen molar-refractivity contribution in [3.8, 4) is 0 Å². The lowest BCUT2D eigenvalue weighted by molar-refractivity contribution is 0.581. The first-order valence-electron chi connectivity index (χ1n) is 5.03. The van der Waals surface area contributed by atoms with Crippen LogP contribution in [0.3, 0.4) is 0 Å².